The maximum absolute atomic E-state index is 12.6. The standard InChI is InChI=1S/C22H23N5O3S/c1-4-29-21(28)17-12-23-27(20(17)13-26(3)15(2)18-10-11-30-25-18)22-24-19(14-31-22)16-8-6-5-7-9-16/h5-12,14-15H,4,13H2,1-3H3/t15-/m0/s1. The Morgan fingerprint density at radius 1 is 1.29 bits per heavy atom. The molecular formula is C22H23N5O3S. The molecule has 1 aromatic carbocycles. The fourth-order valence-corrected chi connectivity index (χ4v) is 4.02. The van der Waals surface area contributed by atoms with Crippen LogP contribution in [-0.2, 0) is 11.3 Å². The molecule has 0 saturated carbocycles. The molecule has 0 saturated heterocycles. The zero-order valence-corrected chi connectivity index (χ0v) is 18.4. The van der Waals surface area contributed by atoms with Crippen LogP contribution in [0.15, 0.2) is 58.8 Å². The highest BCUT2D eigenvalue weighted by Crippen LogP contribution is 2.27. The molecule has 3 heterocycles. The minimum absolute atomic E-state index is 0.0201. The Kier molecular flexibility index (Phi) is 6.24. The van der Waals surface area contributed by atoms with E-state index in [1.54, 1.807) is 24.1 Å². The van der Waals surface area contributed by atoms with Crippen molar-refractivity contribution < 1.29 is 14.1 Å². The summed E-state index contributed by atoms with van der Waals surface area (Å²) in [7, 11) is 1.96. The molecule has 31 heavy (non-hydrogen) atoms. The van der Waals surface area contributed by atoms with Gasteiger partial charge in [0.15, 0.2) is 0 Å². The number of ether oxygens (including phenoxy) is 1. The zero-order valence-electron chi connectivity index (χ0n) is 17.6. The molecule has 3 aromatic heterocycles. The second kappa shape index (κ2) is 9.23. The summed E-state index contributed by atoms with van der Waals surface area (Å²) < 4.78 is 11.9. The molecule has 0 radical (unpaired) electrons. The lowest BCUT2D eigenvalue weighted by Gasteiger charge is -2.23. The molecule has 160 valence electrons. The van der Waals surface area contributed by atoms with Crippen LogP contribution >= 0.6 is 11.3 Å². The molecule has 0 amide bonds. The van der Waals surface area contributed by atoms with Gasteiger partial charge in [-0.05, 0) is 20.9 Å². The molecule has 0 aliphatic carbocycles. The Morgan fingerprint density at radius 2 is 2.10 bits per heavy atom. The summed E-state index contributed by atoms with van der Waals surface area (Å²) in [6.07, 6.45) is 3.10. The largest absolute Gasteiger partial charge is 0.462 e. The summed E-state index contributed by atoms with van der Waals surface area (Å²) in [5, 5.41) is 11.2. The van der Waals surface area contributed by atoms with Crippen LogP contribution in [0.3, 0.4) is 0 Å². The van der Waals surface area contributed by atoms with Crippen molar-refractivity contribution in [1.82, 2.24) is 24.8 Å². The lowest BCUT2D eigenvalue weighted by atomic mass is 10.2. The van der Waals surface area contributed by atoms with Gasteiger partial charge in [0.25, 0.3) is 0 Å². The quantitative estimate of drug-likeness (QED) is 0.379. The number of nitrogens with zero attached hydrogens (tertiary/aromatic N) is 5. The van der Waals surface area contributed by atoms with E-state index >= 15 is 0 Å². The van der Waals surface area contributed by atoms with Gasteiger partial charge in [-0.15, -0.1) is 11.3 Å². The highest BCUT2D eigenvalue weighted by molar-refractivity contribution is 7.12. The van der Waals surface area contributed by atoms with Crippen LogP contribution in [0.1, 0.15) is 41.6 Å². The average molecular weight is 438 g/mol. The third kappa shape index (κ3) is 4.42. The molecule has 0 aliphatic rings. The van der Waals surface area contributed by atoms with Gasteiger partial charge in [-0.25, -0.2) is 14.5 Å². The van der Waals surface area contributed by atoms with E-state index in [0.717, 1.165) is 17.0 Å². The first kappa shape index (κ1) is 21.0. The summed E-state index contributed by atoms with van der Waals surface area (Å²) in [5.41, 5.74) is 3.85. The average Bonchev–Trinajstić information content (AvgIpc) is 3.54. The number of esters is 1. The number of carbonyl (C=O) groups excluding carboxylic acids is 1. The van der Waals surface area contributed by atoms with Crippen molar-refractivity contribution in [3.63, 3.8) is 0 Å². The predicted octanol–water partition coefficient (Wildman–Crippen LogP) is 4.35. The first-order valence-corrected chi connectivity index (χ1v) is 10.8. The van der Waals surface area contributed by atoms with Crippen molar-refractivity contribution >= 4 is 17.3 Å². The van der Waals surface area contributed by atoms with Crippen molar-refractivity contribution in [2.24, 2.45) is 0 Å². The summed E-state index contributed by atoms with van der Waals surface area (Å²) in [4.78, 5) is 19.4. The maximum Gasteiger partial charge on any atom is 0.341 e. The van der Waals surface area contributed by atoms with Crippen LogP contribution in [0.5, 0.6) is 0 Å². The highest BCUT2D eigenvalue weighted by atomic mass is 32.1. The molecule has 9 heteroatoms. The molecule has 0 aliphatic heterocycles. The minimum Gasteiger partial charge on any atom is -0.462 e. The number of thiazole rings is 1. The first-order chi connectivity index (χ1) is 15.1. The fourth-order valence-electron chi connectivity index (χ4n) is 3.21. The SMILES string of the molecule is CCOC(=O)c1cnn(-c2nc(-c3ccccc3)cs2)c1CN(C)[C@@H](C)c1ccon1. The Balaban J connectivity index is 1.68. The van der Waals surface area contributed by atoms with E-state index in [9.17, 15) is 4.79 Å². The Morgan fingerprint density at radius 3 is 2.81 bits per heavy atom. The number of rotatable bonds is 8. The zero-order chi connectivity index (χ0) is 21.8. The van der Waals surface area contributed by atoms with Gasteiger partial charge in [-0.1, -0.05) is 35.5 Å². The number of benzene rings is 1. The molecule has 4 rings (SSSR count). The summed E-state index contributed by atoms with van der Waals surface area (Å²) in [5.74, 6) is -0.397. The van der Waals surface area contributed by atoms with Crippen LogP contribution in [0.25, 0.3) is 16.4 Å². The van der Waals surface area contributed by atoms with Crippen molar-refractivity contribution in [1.29, 1.82) is 0 Å². The second-order valence-corrected chi connectivity index (χ2v) is 7.87. The summed E-state index contributed by atoms with van der Waals surface area (Å²) in [6.45, 7) is 4.56. The molecule has 0 fully saturated rings. The van der Waals surface area contributed by atoms with Gasteiger partial charge in [0.2, 0.25) is 5.13 Å². The molecule has 0 bridgehead atoms. The summed E-state index contributed by atoms with van der Waals surface area (Å²) >= 11 is 1.47. The van der Waals surface area contributed by atoms with E-state index in [0.29, 0.717) is 29.5 Å². The van der Waals surface area contributed by atoms with Crippen LogP contribution in [0.2, 0.25) is 0 Å². The topological polar surface area (TPSA) is 86.3 Å². The van der Waals surface area contributed by atoms with E-state index in [4.69, 9.17) is 14.2 Å². The number of carbonyl (C=O) groups is 1. The van der Waals surface area contributed by atoms with E-state index in [-0.39, 0.29) is 6.04 Å². The molecular weight excluding hydrogens is 414 g/mol. The van der Waals surface area contributed by atoms with Gasteiger partial charge >= 0.3 is 5.97 Å². The maximum atomic E-state index is 12.6. The Hall–Kier alpha value is -3.30. The van der Waals surface area contributed by atoms with Crippen molar-refractivity contribution in [3.05, 3.63) is 71.2 Å². The van der Waals surface area contributed by atoms with Crippen molar-refractivity contribution in [2.75, 3.05) is 13.7 Å². The predicted molar refractivity (Wildman–Crippen MR) is 117 cm³/mol. The third-order valence-electron chi connectivity index (χ3n) is 5.05. The van der Waals surface area contributed by atoms with Crippen LogP contribution in [-0.4, -0.2) is 44.4 Å². The number of hydrogen-bond donors (Lipinski definition) is 0. The molecule has 0 spiro atoms. The van der Waals surface area contributed by atoms with Crippen molar-refractivity contribution in [3.8, 4) is 16.4 Å². The molecule has 8 nitrogen and oxygen atoms in total. The van der Waals surface area contributed by atoms with E-state index in [2.05, 4.69) is 15.2 Å². The van der Waals surface area contributed by atoms with Gasteiger partial charge in [-0.2, -0.15) is 5.10 Å². The molecule has 4 aromatic rings. The molecule has 0 unspecified atom stereocenters. The van der Waals surface area contributed by atoms with Gasteiger partial charge < -0.3 is 9.26 Å². The lowest BCUT2D eigenvalue weighted by Crippen LogP contribution is -2.25. The monoisotopic (exact) mass is 437 g/mol. The second-order valence-electron chi connectivity index (χ2n) is 7.03. The first-order valence-electron chi connectivity index (χ1n) is 9.94. The van der Waals surface area contributed by atoms with E-state index in [1.165, 1.54) is 11.3 Å². The number of aromatic nitrogens is 4. The Labute approximate surface area is 184 Å². The van der Waals surface area contributed by atoms with Crippen LogP contribution in [0.4, 0.5) is 0 Å². The minimum atomic E-state index is -0.397. The third-order valence-corrected chi connectivity index (χ3v) is 5.87. The van der Waals surface area contributed by atoms with Gasteiger partial charge in [0.1, 0.15) is 17.5 Å². The van der Waals surface area contributed by atoms with Gasteiger partial charge in [-0.3, -0.25) is 4.90 Å². The fraction of sp³-hybridized carbons (Fsp3) is 0.273. The Bertz CT molecular complexity index is 1140. The molecule has 0 N–H and O–H groups in total. The smallest absolute Gasteiger partial charge is 0.341 e. The van der Waals surface area contributed by atoms with E-state index in [1.807, 2.05) is 55.7 Å². The summed E-state index contributed by atoms with van der Waals surface area (Å²) in [6, 6.07) is 11.8. The normalized spacial score (nSPS) is 12.3. The van der Waals surface area contributed by atoms with Crippen LogP contribution < -0.4 is 0 Å². The van der Waals surface area contributed by atoms with Gasteiger partial charge in [0, 0.05) is 23.6 Å². The lowest BCUT2D eigenvalue weighted by molar-refractivity contribution is 0.0523. The van der Waals surface area contributed by atoms with E-state index < -0.39 is 5.97 Å². The number of hydrogen-bond acceptors (Lipinski definition) is 8. The highest BCUT2D eigenvalue weighted by Gasteiger charge is 2.24. The molecule has 1 atom stereocenters. The van der Waals surface area contributed by atoms with Crippen molar-refractivity contribution in [2.45, 2.75) is 26.4 Å². The van der Waals surface area contributed by atoms with Gasteiger partial charge in [0.05, 0.1) is 30.2 Å². The van der Waals surface area contributed by atoms with Crippen LogP contribution in [0, 0.1) is 0 Å².